The third-order valence-electron chi connectivity index (χ3n) is 5.33. The minimum atomic E-state index is -0.537. The summed E-state index contributed by atoms with van der Waals surface area (Å²) in [6, 6.07) is 13.6. The number of likely N-dealkylation sites (N-methyl/N-ethyl adjacent to an activating group) is 1. The normalized spacial score (nSPS) is 15.6. The molecule has 0 N–H and O–H groups in total. The number of nitrogens with zero attached hydrogens (tertiary/aromatic N) is 2. The van der Waals surface area contributed by atoms with E-state index in [2.05, 4.69) is 0 Å². The second kappa shape index (κ2) is 9.74. The molecule has 2 aromatic carbocycles. The minimum absolute atomic E-state index is 0.00569. The topological polar surface area (TPSA) is 49.9 Å². The van der Waals surface area contributed by atoms with Crippen molar-refractivity contribution in [1.82, 2.24) is 9.80 Å². The van der Waals surface area contributed by atoms with Crippen LogP contribution in [0.3, 0.4) is 0 Å². The van der Waals surface area contributed by atoms with Crippen LogP contribution in [0.5, 0.6) is 5.75 Å². The molecule has 1 unspecified atom stereocenters. The van der Waals surface area contributed by atoms with Gasteiger partial charge in [-0.2, -0.15) is 0 Å². The Morgan fingerprint density at radius 3 is 2.50 bits per heavy atom. The number of para-hydroxylation sites is 1. The Kier molecular flexibility index (Phi) is 7.08. The standard InChI is InChI=1S/C24H29FN2O3/c1-17(2)14-23(28)27-16-19-9-5-4-8-18(19)15-21(27)24(29)26(3)12-13-30-22-11-7-6-10-20(22)25/h4-11,17,21H,12-16H2,1-3H3. The SMILES string of the molecule is CC(C)CC(=O)N1Cc2ccccc2CC1C(=O)N(C)CCOc1ccccc1F. The van der Waals surface area contributed by atoms with Crippen molar-refractivity contribution in [2.24, 2.45) is 5.92 Å². The van der Waals surface area contributed by atoms with E-state index in [9.17, 15) is 14.0 Å². The number of hydrogen-bond donors (Lipinski definition) is 0. The number of hydrogen-bond acceptors (Lipinski definition) is 3. The van der Waals surface area contributed by atoms with E-state index < -0.39 is 11.9 Å². The first-order valence-corrected chi connectivity index (χ1v) is 10.4. The highest BCUT2D eigenvalue weighted by Gasteiger charge is 2.35. The van der Waals surface area contributed by atoms with Crippen LogP contribution in [0.1, 0.15) is 31.4 Å². The Morgan fingerprint density at radius 2 is 1.80 bits per heavy atom. The molecule has 1 heterocycles. The van der Waals surface area contributed by atoms with Gasteiger partial charge in [0, 0.05) is 26.4 Å². The molecule has 6 heteroatoms. The lowest BCUT2D eigenvalue weighted by molar-refractivity contribution is -0.147. The first-order valence-electron chi connectivity index (χ1n) is 10.4. The van der Waals surface area contributed by atoms with Crippen molar-refractivity contribution in [1.29, 1.82) is 0 Å². The summed E-state index contributed by atoms with van der Waals surface area (Å²) < 4.78 is 19.2. The highest BCUT2D eigenvalue weighted by atomic mass is 19.1. The number of carbonyl (C=O) groups excluding carboxylic acids is 2. The van der Waals surface area contributed by atoms with Crippen LogP contribution in [-0.2, 0) is 22.6 Å². The number of rotatable bonds is 7. The minimum Gasteiger partial charge on any atom is -0.489 e. The third-order valence-corrected chi connectivity index (χ3v) is 5.33. The molecule has 2 aromatic rings. The Balaban J connectivity index is 1.69. The molecule has 0 radical (unpaired) electrons. The molecule has 5 nitrogen and oxygen atoms in total. The van der Waals surface area contributed by atoms with Crippen molar-refractivity contribution >= 4 is 11.8 Å². The number of amides is 2. The lowest BCUT2D eigenvalue weighted by Gasteiger charge is -2.38. The summed E-state index contributed by atoms with van der Waals surface area (Å²) >= 11 is 0. The molecule has 0 saturated carbocycles. The molecule has 30 heavy (non-hydrogen) atoms. The summed E-state index contributed by atoms with van der Waals surface area (Å²) in [7, 11) is 1.69. The fourth-order valence-corrected chi connectivity index (χ4v) is 3.69. The van der Waals surface area contributed by atoms with Gasteiger partial charge in [0.25, 0.3) is 0 Å². The Labute approximate surface area is 177 Å². The molecule has 1 atom stereocenters. The Morgan fingerprint density at radius 1 is 1.13 bits per heavy atom. The van der Waals surface area contributed by atoms with Gasteiger partial charge in [0.1, 0.15) is 12.6 Å². The molecule has 1 aliphatic heterocycles. The second-order valence-corrected chi connectivity index (χ2v) is 8.15. The van der Waals surface area contributed by atoms with Gasteiger partial charge in [0.15, 0.2) is 11.6 Å². The number of ether oxygens (including phenoxy) is 1. The maximum absolute atomic E-state index is 13.7. The van der Waals surface area contributed by atoms with E-state index in [1.165, 1.54) is 6.07 Å². The van der Waals surface area contributed by atoms with Crippen LogP contribution in [-0.4, -0.2) is 47.9 Å². The quantitative estimate of drug-likeness (QED) is 0.697. The first kappa shape index (κ1) is 21.8. The molecule has 0 aromatic heterocycles. The summed E-state index contributed by atoms with van der Waals surface area (Å²) in [5.74, 6) is -0.176. The average Bonchev–Trinajstić information content (AvgIpc) is 2.73. The summed E-state index contributed by atoms with van der Waals surface area (Å²) in [4.78, 5) is 29.4. The fourth-order valence-electron chi connectivity index (χ4n) is 3.69. The van der Waals surface area contributed by atoms with E-state index in [0.717, 1.165) is 11.1 Å². The van der Waals surface area contributed by atoms with E-state index in [1.807, 2.05) is 38.1 Å². The Hall–Kier alpha value is -2.89. The van der Waals surface area contributed by atoms with Crippen molar-refractivity contribution in [3.63, 3.8) is 0 Å². The molecule has 0 fully saturated rings. The fraction of sp³-hybridized carbons (Fsp3) is 0.417. The zero-order chi connectivity index (χ0) is 21.7. The average molecular weight is 413 g/mol. The third kappa shape index (κ3) is 5.17. The molecule has 0 saturated heterocycles. The number of benzene rings is 2. The Bertz CT molecular complexity index is 900. The molecule has 0 bridgehead atoms. The largest absolute Gasteiger partial charge is 0.489 e. The molecule has 160 valence electrons. The van der Waals surface area contributed by atoms with Gasteiger partial charge in [-0.3, -0.25) is 9.59 Å². The van der Waals surface area contributed by atoms with Crippen molar-refractivity contribution in [2.45, 2.75) is 39.3 Å². The van der Waals surface area contributed by atoms with E-state index in [4.69, 9.17) is 4.74 Å². The predicted molar refractivity (Wildman–Crippen MR) is 113 cm³/mol. The van der Waals surface area contributed by atoms with Crippen LogP contribution >= 0.6 is 0 Å². The summed E-state index contributed by atoms with van der Waals surface area (Å²) in [5.41, 5.74) is 2.18. The van der Waals surface area contributed by atoms with E-state index in [0.29, 0.717) is 25.9 Å². The summed E-state index contributed by atoms with van der Waals surface area (Å²) in [6.07, 6.45) is 0.906. The van der Waals surface area contributed by atoms with Gasteiger partial charge in [-0.1, -0.05) is 50.2 Å². The van der Waals surface area contributed by atoms with Gasteiger partial charge in [-0.05, 0) is 29.2 Å². The number of halogens is 1. The van der Waals surface area contributed by atoms with Crippen molar-refractivity contribution in [3.05, 3.63) is 65.5 Å². The van der Waals surface area contributed by atoms with Crippen molar-refractivity contribution in [3.8, 4) is 5.75 Å². The zero-order valence-corrected chi connectivity index (χ0v) is 17.8. The van der Waals surface area contributed by atoms with Crippen LogP contribution in [0.2, 0.25) is 0 Å². The lowest BCUT2D eigenvalue weighted by atomic mass is 9.92. The first-order chi connectivity index (χ1) is 14.4. The van der Waals surface area contributed by atoms with Gasteiger partial charge in [-0.25, -0.2) is 4.39 Å². The van der Waals surface area contributed by atoms with Crippen LogP contribution in [0.4, 0.5) is 4.39 Å². The van der Waals surface area contributed by atoms with Gasteiger partial charge >= 0.3 is 0 Å². The van der Waals surface area contributed by atoms with Crippen molar-refractivity contribution < 1.29 is 18.7 Å². The summed E-state index contributed by atoms with van der Waals surface area (Å²) in [5, 5.41) is 0. The molecular formula is C24H29FN2O3. The van der Waals surface area contributed by atoms with E-state index >= 15 is 0 Å². The van der Waals surface area contributed by atoms with Crippen LogP contribution in [0.25, 0.3) is 0 Å². The number of fused-ring (bicyclic) bond motifs is 1. The van der Waals surface area contributed by atoms with Crippen LogP contribution in [0, 0.1) is 11.7 Å². The zero-order valence-electron chi connectivity index (χ0n) is 17.8. The van der Waals surface area contributed by atoms with Gasteiger partial charge in [-0.15, -0.1) is 0 Å². The number of carbonyl (C=O) groups is 2. The highest BCUT2D eigenvalue weighted by molar-refractivity contribution is 5.88. The van der Waals surface area contributed by atoms with Crippen LogP contribution in [0.15, 0.2) is 48.5 Å². The van der Waals surface area contributed by atoms with Crippen LogP contribution < -0.4 is 4.74 Å². The predicted octanol–water partition coefficient (Wildman–Crippen LogP) is 3.66. The molecule has 0 spiro atoms. The maximum Gasteiger partial charge on any atom is 0.245 e. The molecule has 1 aliphatic rings. The lowest BCUT2D eigenvalue weighted by Crippen LogP contribution is -2.53. The highest BCUT2D eigenvalue weighted by Crippen LogP contribution is 2.26. The van der Waals surface area contributed by atoms with Gasteiger partial charge in [0.05, 0.1) is 6.54 Å². The van der Waals surface area contributed by atoms with E-state index in [1.54, 1.807) is 35.0 Å². The van der Waals surface area contributed by atoms with Gasteiger partial charge < -0.3 is 14.5 Å². The van der Waals surface area contributed by atoms with Crippen molar-refractivity contribution in [2.75, 3.05) is 20.2 Å². The monoisotopic (exact) mass is 412 g/mol. The second-order valence-electron chi connectivity index (χ2n) is 8.15. The molecule has 0 aliphatic carbocycles. The van der Waals surface area contributed by atoms with E-state index in [-0.39, 0.29) is 30.1 Å². The summed E-state index contributed by atoms with van der Waals surface area (Å²) in [6.45, 7) is 4.92. The molecule has 3 rings (SSSR count). The maximum atomic E-state index is 13.7. The molecule has 2 amide bonds. The molecular weight excluding hydrogens is 383 g/mol. The smallest absolute Gasteiger partial charge is 0.245 e. The van der Waals surface area contributed by atoms with Gasteiger partial charge in [0.2, 0.25) is 11.8 Å².